The maximum absolute atomic E-state index is 11.8. The standard InChI is InChI=1S/C10H10F3NO2/c11-10(12,13)6-16-9(15)8-4-2-1-3-7(8)5-14/h1-4H,5-6,14H2. The molecule has 2 N–H and O–H groups in total. The van der Waals surface area contributed by atoms with Gasteiger partial charge in [0.05, 0.1) is 5.56 Å². The molecule has 0 radical (unpaired) electrons. The van der Waals surface area contributed by atoms with Crippen LogP contribution in [0.3, 0.4) is 0 Å². The maximum atomic E-state index is 11.8. The van der Waals surface area contributed by atoms with Crippen LogP contribution in [0, 0.1) is 0 Å². The van der Waals surface area contributed by atoms with E-state index in [-0.39, 0.29) is 12.1 Å². The Morgan fingerprint density at radius 3 is 2.50 bits per heavy atom. The smallest absolute Gasteiger partial charge is 0.422 e. The van der Waals surface area contributed by atoms with Crippen molar-refractivity contribution in [2.45, 2.75) is 12.7 Å². The number of hydrogen-bond acceptors (Lipinski definition) is 3. The van der Waals surface area contributed by atoms with Gasteiger partial charge in [-0.15, -0.1) is 0 Å². The molecule has 16 heavy (non-hydrogen) atoms. The second-order valence-electron chi connectivity index (χ2n) is 3.05. The fourth-order valence-corrected chi connectivity index (χ4v) is 1.12. The highest BCUT2D eigenvalue weighted by Crippen LogP contribution is 2.16. The molecule has 0 amide bonds. The zero-order chi connectivity index (χ0) is 12.2. The molecule has 0 saturated heterocycles. The highest BCUT2D eigenvalue weighted by Gasteiger charge is 2.30. The van der Waals surface area contributed by atoms with Crippen LogP contribution in [0.25, 0.3) is 0 Å². The van der Waals surface area contributed by atoms with Gasteiger partial charge in [0.1, 0.15) is 0 Å². The van der Waals surface area contributed by atoms with E-state index in [9.17, 15) is 18.0 Å². The summed E-state index contributed by atoms with van der Waals surface area (Å²) in [5.41, 5.74) is 5.86. The number of rotatable bonds is 3. The summed E-state index contributed by atoms with van der Waals surface area (Å²) < 4.78 is 39.6. The van der Waals surface area contributed by atoms with E-state index in [1.54, 1.807) is 12.1 Å². The van der Waals surface area contributed by atoms with Gasteiger partial charge in [-0.1, -0.05) is 18.2 Å². The summed E-state index contributed by atoms with van der Waals surface area (Å²) in [6.07, 6.45) is -4.52. The molecule has 0 fully saturated rings. The lowest BCUT2D eigenvalue weighted by molar-refractivity contribution is -0.161. The Morgan fingerprint density at radius 1 is 1.31 bits per heavy atom. The molecule has 0 unspecified atom stereocenters. The van der Waals surface area contributed by atoms with E-state index in [1.165, 1.54) is 12.1 Å². The monoisotopic (exact) mass is 233 g/mol. The van der Waals surface area contributed by atoms with E-state index in [1.807, 2.05) is 0 Å². The Morgan fingerprint density at radius 2 is 1.94 bits per heavy atom. The number of hydrogen-bond donors (Lipinski definition) is 1. The molecule has 0 aliphatic heterocycles. The molecular formula is C10H10F3NO2. The molecule has 1 rings (SSSR count). The third-order valence-corrected chi connectivity index (χ3v) is 1.82. The van der Waals surface area contributed by atoms with E-state index in [0.29, 0.717) is 5.56 Å². The molecule has 1 aromatic carbocycles. The number of ether oxygens (including phenoxy) is 1. The quantitative estimate of drug-likeness (QED) is 0.811. The third-order valence-electron chi connectivity index (χ3n) is 1.82. The van der Waals surface area contributed by atoms with Gasteiger partial charge < -0.3 is 10.5 Å². The van der Waals surface area contributed by atoms with E-state index in [0.717, 1.165) is 0 Å². The number of benzene rings is 1. The molecule has 0 aliphatic rings. The second-order valence-corrected chi connectivity index (χ2v) is 3.05. The fourth-order valence-electron chi connectivity index (χ4n) is 1.12. The van der Waals surface area contributed by atoms with Crippen LogP contribution in [0.4, 0.5) is 13.2 Å². The molecule has 1 aromatic rings. The maximum Gasteiger partial charge on any atom is 0.422 e. The van der Waals surface area contributed by atoms with Crippen molar-refractivity contribution in [2.24, 2.45) is 5.73 Å². The summed E-state index contributed by atoms with van der Waals surface area (Å²) in [4.78, 5) is 11.3. The average Bonchev–Trinajstić information content (AvgIpc) is 2.25. The van der Waals surface area contributed by atoms with Crippen molar-refractivity contribution in [3.05, 3.63) is 35.4 Å². The van der Waals surface area contributed by atoms with Gasteiger partial charge >= 0.3 is 12.1 Å². The van der Waals surface area contributed by atoms with Crippen LogP contribution in [-0.2, 0) is 11.3 Å². The molecule has 0 heterocycles. The average molecular weight is 233 g/mol. The molecule has 0 aromatic heterocycles. The summed E-state index contributed by atoms with van der Waals surface area (Å²) in [6.45, 7) is -1.53. The van der Waals surface area contributed by atoms with Crippen LogP contribution in [0.15, 0.2) is 24.3 Å². The Hall–Kier alpha value is -1.56. The van der Waals surface area contributed by atoms with Crippen LogP contribution >= 0.6 is 0 Å². The van der Waals surface area contributed by atoms with Crippen LogP contribution in [0.5, 0.6) is 0 Å². The number of halogens is 3. The van der Waals surface area contributed by atoms with Crippen molar-refractivity contribution in [1.82, 2.24) is 0 Å². The van der Waals surface area contributed by atoms with Crippen molar-refractivity contribution in [2.75, 3.05) is 6.61 Å². The first-order valence-corrected chi connectivity index (χ1v) is 4.46. The molecule has 88 valence electrons. The second kappa shape index (κ2) is 4.98. The molecule has 0 atom stereocenters. The van der Waals surface area contributed by atoms with Crippen molar-refractivity contribution in [3.8, 4) is 0 Å². The van der Waals surface area contributed by atoms with E-state index in [4.69, 9.17) is 5.73 Å². The Kier molecular flexibility index (Phi) is 3.89. The van der Waals surface area contributed by atoms with Gasteiger partial charge in [0.2, 0.25) is 0 Å². The number of carbonyl (C=O) groups excluding carboxylic acids is 1. The largest absolute Gasteiger partial charge is 0.452 e. The molecule has 0 saturated carbocycles. The predicted molar refractivity (Wildman–Crippen MR) is 50.7 cm³/mol. The summed E-state index contributed by atoms with van der Waals surface area (Å²) in [5.74, 6) is -1.02. The number of nitrogens with two attached hydrogens (primary N) is 1. The lowest BCUT2D eigenvalue weighted by Gasteiger charge is -2.09. The number of carbonyl (C=O) groups is 1. The van der Waals surface area contributed by atoms with Crippen molar-refractivity contribution < 1.29 is 22.7 Å². The topological polar surface area (TPSA) is 52.3 Å². The van der Waals surface area contributed by atoms with Crippen molar-refractivity contribution in [1.29, 1.82) is 0 Å². The fraction of sp³-hybridized carbons (Fsp3) is 0.300. The van der Waals surface area contributed by atoms with Gasteiger partial charge in [-0.2, -0.15) is 13.2 Å². The molecule has 6 heteroatoms. The van der Waals surface area contributed by atoms with Crippen molar-refractivity contribution >= 4 is 5.97 Å². The molecule has 0 spiro atoms. The van der Waals surface area contributed by atoms with Gasteiger partial charge in [-0.05, 0) is 11.6 Å². The Bertz CT molecular complexity index is 377. The lowest BCUT2D eigenvalue weighted by atomic mass is 10.1. The van der Waals surface area contributed by atoms with Gasteiger partial charge in [0.25, 0.3) is 0 Å². The number of alkyl halides is 3. The minimum absolute atomic E-state index is 0.0641. The molecule has 0 aliphatic carbocycles. The summed E-state index contributed by atoms with van der Waals surface area (Å²) in [7, 11) is 0. The minimum atomic E-state index is -4.52. The van der Waals surface area contributed by atoms with Crippen LogP contribution in [-0.4, -0.2) is 18.8 Å². The van der Waals surface area contributed by atoms with Crippen LogP contribution in [0.2, 0.25) is 0 Å². The number of esters is 1. The Labute approximate surface area is 90.0 Å². The predicted octanol–water partition coefficient (Wildman–Crippen LogP) is 1.86. The minimum Gasteiger partial charge on any atom is -0.452 e. The Balaban J connectivity index is 2.73. The van der Waals surface area contributed by atoms with Crippen LogP contribution < -0.4 is 5.73 Å². The summed E-state index contributed by atoms with van der Waals surface area (Å²) in [5, 5.41) is 0. The first-order chi connectivity index (χ1) is 7.44. The van der Waals surface area contributed by atoms with Crippen molar-refractivity contribution in [3.63, 3.8) is 0 Å². The zero-order valence-electron chi connectivity index (χ0n) is 8.25. The lowest BCUT2D eigenvalue weighted by Crippen LogP contribution is -2.21. The normalized spacial score (nSPS) is 11.2. The first-order valence-electron chi connectivity index (χ1n) is 4.46. The van der Waals surface area contributed by atoms with Gasteiger partial charge in [-0.3, -0.25) is 0 Å². The highest BCUT2D eigenvalue weighted by atomic mass is 19.4. The van der Waals surface area contributed by atoms with Gasteiger partial charge in [-0.25, -0.2) is 4.79 Å². The highest BCUT2D eigenvalue weighted by molar-refractivity contribution is 5.91. The summed E-state index contributed by atoms with van der Waals surface area (Å²) in [6, 6.07) is 6.11. The van der Waals surface area contributed by atoms with E-state index < -0.39 is 18.8 Å². The van der Waals surface area contributed by atoms with Gasteiger partial charge in [0.15, 0.2) is 6.61 Å². The third kappa shape index (κ3) is 3.54. The molecule has 3 nitrogen and oxygen atoms in total. The van der Waals surface area contributed by atoms with Crippen LogP contribution in [0.1, 0.15) is 15.9 Å². The SMILES string of the molecule is NCc1ccccc1C(=O)OCC(F)(F)F. The van der Waals surface area contributed by atoms with Gasteiger partial charge in [0, 0.05) is 6.54 Å². The zero-order valence-corrected chi connectivity index (χ0v) is 8.25. The first kappa shape index (κ1) is 12.5. The van der Waals surface area contributed by atoms with E-state index in [2.05, 4.69) is 4.74 Å². The summed E-state index contributed by atoms with van der Waals surface area (Å²) >= 11 is 0. The molecule has 0 bridgehead atoms. The molecular weight excluding hydrogens is 223 g/mol. The van der Waals surface area contributed by atoms with E-state index >= 15 is 0 Å².